The largest absolute Gasteiger partial charge is 0.342 e. The van der Waals surface area contributed by atoms with Gasteiger partial charge in [0, 0.05) is 13.1 Å². The van der Waals surface area contributed by atoms with Crippen LogP contribution < -0.4 is 0 Å². The Kier molecular flexibility index (Phi) is 5.30. The second-order valence-electron chi connectivity index (χ2n) is 2.39. The average molecular weight is 178 g/mol. The van der Waals surface area contributed by atoms with E-state index in [-0.39, 0.29) is 11.3 Å². The zero-order valence-corrected chi connectivity index (χ0v) is 8.19. The maximum absolute atomic E-state index is 11.3. The van der Waals surface area contributed by atoms with Crippen LogP contribution in [0.25, 0.3) is 0 Å². The third kappa shape index (κ3) is 3.10. The Hall–Kier alpha value is -0.240. The van der Waals surface area contributed by atoms with Crippen LogP contribution in [0.2, 0.25) is 0 Å². The Morgan fingerprint density at radius 2 is 1.82 bits per heavy atom. The van der Waals surface area contributed by atoms with Crippen LogP contribution in [-0.2, 0) is 4.79 Å². The first-order valence-electron chi connectivity index (χ1n) is 4.10. The van der Waals surface area contributed by atoms with Gasteiger partial charge in [-0.1, -0.05) is 6.92 Å². The highest BCUT2D eigenvalue weighted by molar-refractivity contribution is 6.30. The number of amides is 1. The molecule has 0 aliphatic carbocycles. The summed E-state index contributed by atoms with van der Waals surface area (Å²) in [6.45, 7) is 7.33. The van der Waals surface area contributed by atoms with Crippen LogP contribution in [0.4, 0.5) is 0 Å². The molecule has 1 atom stereocenters. The fourth-order valence-corrected chi connectivity index (χ4v) is 1.05. The molecule has 2 nitrogen and oxygen atoms in total. The van der Waals surface area contributed by atoms with Crippen molar-refractivity contribution in [2.45, 2.75) is 32.6 Å². The van der Waals surface area contributed by atoms with Crippen LogP contribution in [0.5, 0.6) is 0 Å². The smallest absolute Gasteiger partial charge is 0.240 e. The van der Waals surface area contributed by atoms with Crippen LogP contribution in [-0.4, -0.2) is 29.3 Å². The minimum atomic E-state index is -0.338. The number of carbonyl (C=O) groups is 1. The van der Waals surface area contributed by atoms with E-state index in [0.29, 0.717) is 6.42 Å². The predicted molar refractivity (Wildman–Crippen MR) is 47.9 cm³/mol. The molecule has 1 amide bonds. The minimum Gasteiger partial charge on any atom is -0.342 e. The van der Waals surface area contributed by atoms with Gasteiger partial charge in [0.2, 0.25) is 5.91 Å². The molecule has 0 radical (unpaired) electrons. The minimum absolute atomic E-state index is 0.0548. The summed E-state index contributed by atoms with van der Waals surface area (Å²) >= 11 is 5.78. The summed E-state index contributed by atoms with van der Waals surface area (Å²) in [4.78, 5) is 13.1. The number of carbonyl (C=O) groups excluding carboxylic acids is 1. The van der Waals surface area contributed by atoms with Gasteiger partial charge in [-0.2, -0.15) is 0 Å². The fourth-order valence-electron chi connectivity index (χ4n) is 0.908. The highest BCUT2D eigenvalue weighted by Gasteiger charge is 2.17. The first kappa shape index (κ1) is 10.8. The highest BCUT2D eigenvalue weighted by atomic mass is 35.5. The molecule has 66 valence electrons. The lowest BCUT2D eigenvalue weighted by Gasteiger charge is -2.20. The van der Waals surface area contributed by atoms with E-state index < -0.39 is 0 Å². The van der Waals surface area contributed by atoms with Crippen molar-refractivity contribution in [3.8, 4) is 0 Å². The summed E-state index contributed by atoms with van der Waals surface area (Å²) in [7, 11) is 0. The predicted octanol–water partition coefficient (Wildman–Crippen LogP) is 1.87. The van der Waals surface area contributed by atoms with E-state index in [9.17, 15) is 4.79 Å². The number of hydrogen-bond acceptors (Lipinski definition) is 1. The van der Waals surface area contributed by atoms with Gasteiger partial charge >= 0.3 is 0 Å². The zero-order chi connectivity index (χ0) is 8.85. The number of hydrogen-bond donors (Lipinski definition) is 0. The van der Waals surface area contributed by atoms with Gasteiger partial charge in [-0.25, -0.2) is 0 Å². The van der Waals surface area contributed by atoms with Crippen LogP contribution in [0.15, 0.2) is 0 Å². The Balaban J connectivity index is 3.97. The molecular formula is C8H16ClNO. The van der Waals surface area contributed by atoms with Gasteiger partial charge in [0.25, 0.3) is 0 Å². The number of alkyl halides is 1. The second-order valence-corrected chi connectivity index (χ2v) is 2.91. The Morgan fingerprint density at radius 3 is 2.09 bits per heavy atom. The second kappa shape index (κ2) is 5.42. The molecule has 11 heavy (non-hydrogen) atoms. The maximum atomic E-state index is 11.3. The maximum Gasteiger partial charge on any atom is 0.240 e. The quantitative estimate of drug-likeness (QED) is 0.601. The lowest BCUT2D eigenvalue weighted by Crippen LogP contribution is -2.36. The Labute approximate surface area is 73.5 Å². The molecule has 0 rings (SSSR count). The molecule has 0 aromatic heterocycles. The van der Waals surface area contributed by atoms with Crippen molar-refractivity contribution in [1.29, 1.82) is 0 Å². The van der Waals surface area contributed by atoms with Crippen molar-refractivity contribution in [2.24, 2.45) is 0 Å². The van der Waals surface area contributed by atoms with Gasteiger partial charge in [0.1, 0.15) is 5.38 Å². The fraction of sp³-hybridized carbons (Fsp3) is 0.875. The van der Waals surface area contributed by atoms with Gasteiger partial charge in [-0.3, -0.25) is 4.79 Å². The molecule has 0 spiro atoms. The molecule has 0 aliphatic heterocycles. The molecular weight excluding hydrogens is 162 g/mol. The van der Waals surface area contributed by atoms with Crippen LogP contribution >= 0.6 is 11.6 Å². The number of nitrogens with zero attached hydrogens (tertiary/aromatic N) is 1. The van der Waals surface area contributed by atoms with E-state index in [0.717, 1.165) is 13.1 Å². The molecule has 0 aliphatic rings. The standard InChI is InChI=1S/C8H16ClNO/c1-4-7(9)8(11)10(5-2)6-3/h7H,4-6H2,1-3H3/t7-/m1/s1. The summed E-state index contributed by atoms with van der Waals surface area (Å²) < 4.78 is 0. The van der Waals surface area contributed by atoms with Crippen LogP contribution in [0.3, 0.4) is 0 Å². The number of halogens is 1. The Bertz CT molecular complexity index is 123. The van der Waals surface area contributed by atoms with Crippen LogP contribution in [0.1, 0.15) is 27.2 Å². The first-order chi connectivity index (χ1) is 5.17. The monoisotopic (exact) mass is 177 g/mol. The number of rotatable bonds is 4. The molecule has 0 heterocycles. The molecule has 3 heteroatoms. The van der Waals surface area contributed by atoms with Crippen molar-refractivity contribution >= 4 is 17.5 Å². The summed E-state index contributed by atoms with van der Waals surface area (Å²) in [6, 6.07) is 0. The first-order valence-corrected chi connectivity index (χ1v) is 4.53. The van der Waals surface area contributed by atoms with Gasteiger partial charge < -0.3 is 4.90 Å². The van der Waals surface area contributed by atoms with Crippen molar-refractivity contribution in [2.75, 3.05) is 13.1 Å². The van der Waals surface area contributed by atoms with E-state index in [1.54, 1.807) is 4.90 Å². The van der Waals surface area contributed by atoms with Gasteiger partial charge in [0.05, 0.1) is 0 Å². The van der Waals surface area contributed by atoms with Crippen molar-refractivity contribution < 1.29 is 4.79 Å². The van der Waals surface area contributed by atoms with E-state index in [4.69, 9.17) is 11.6 Å². The average Bonchev–Trinajstić information content (AvgIpc) is 2.05. The van der Waals surface area contributed by atoms with Crippen molar-refractivity contribution in [3.63, 3.8) is 0 Å². The molecule has 0 fully saturated rings. The molecule has 0 aromatic rings. The molecule has 0 unspecified atom stereocenters. The third-order valence-corrected chi connectivity index (χ3v) is 2.20. The van der Waals surface area contributed by atoms with Gasteiger partial charge in [-0.05, 0) is 20.3 Å². The van der Waals surface area contributed by atoms with E-state index in [1.807, 2.05) is 20.8 Å². The topological polar surface area (TPSA) is 20.3 Å². The van der Waals surface area contributed by atoms with Crippen LogP contribution in [0, 0.1) is 0 Å². The SMILES string of the molecule is CC[C@@H](Cl)C(=O)N(CC)CC. The normalized spacial score (nSPS) is 12.7. The Morgan fingerprint density at radius 1 is 1.36 bits per heavy atom. The summed E-state index contributed by atoms with van der Waals surface area (Å²) in [5.74, 6) is 0.0548. The van der Waals surface area contributed by atoms with E-state index in [1.165, 1.54) is 0 Å². The molecule has 0 aromatic carbocycles. The summed E-state index contributed by atoms with van der Waals surface area (Å²) in [5, 5.41) is -0.338. The lowest BCUT2D eigenvalue weighted by atomic mass is 10.3. The van der Waals surface area contributed by atoms with Crippen molar-refractivity contribution in [3.05, 3.63) is 0 Å². The van der Waals surface area contributed by atoms with Gasteiger partial charge in [0.15, 0.2) is 0 Å². The third-order valence-electron chi connectivity index (χ3n) is 1.70. The summed E-state index contributed by atoms with van der Waals surface area (Å²) in [6.07, 6.45) is 0.705. The molecule has 0 N–H and O–H groups in total. The molecule has 0 saturated carbocycles. The molecule has 0 saturated heterocycles. The zero-order valence-electron chi connectivity index (χ0n) is 7.43. The van der Waals surface area contributed by atoms with E-state index >= 15 is 0 Å². The lowest BCUT2D eigenvalue weighted by molar-refractivity contribution is -0.130. The summed E-state index contributed by atoms with van der Waals surface area (Å²) in [5.41, 5.74) is 0. The van der Waals surface area contributed by atoms with Gasteiger partial charge in [-0.15, -0.1) is 11.6 Å². The molecule has 0 bridgehead atoms. The highest BCUT2D eigenvalue weighted by Crippen LogP contribution is 2.05. The van der Waals surface area contributed by atoms with Crippen molar-refractivity contribution in [1.82, 2.24) is 4.90 Å². The van der Waals surface area contributed by atoms with E-state index in [2.05, 4.69) is 0 Å².